The van der Waals surface area contributed by atoms with Crippen LogP contribution in [0.5, 0.6) is 0 Å². The standard InChI is InChI=1S/C34H36F2N6O3/c1-34(2,18-21-4-8-24(35)9-5-21)41-32(44)30(16-22-19-37-42(3)20-22)40-31(43)29-17-28(29)23-6-12-26(13-7-23)38-33(45)39-27-14-10-25(36)11-15-27/h4-15,19-20,28-30H,16-18H2,1-3H3,(H,40,43)(H,41,44)(H2,38,39,45)/t28-,29+,30-/m1/s1. The van der Waals surface area contributed by atoms with Gasteiger partial charge in [-0.25, -0.2) is 13.6 Å². The molecule has 0 unspecified atom stereocenters. The molecule has 234 valence electrons. The largest absolute Gasteiger partial charge is 0.349 e. The first-order valence-electron chi connectivity index (χ1n) is 14.7. The molecule has 9 nitrogen and oxygen atoms in total. The highest BCUT2D eigenvalue weighted by Crippen LogP contribution is 2.47. The van der Waals surface area contributed by atoms with Crippen LogP contribution in [0.2, 0.25) is 0 Å². The Morgan fingerprint density at radius 3 is 2.04 bits per heavy atom. The summed E-state index contributed by atoms with van der Waals surface area (Å²) >= 11 is 0. The molecule has 0 aliphatic heterocycles. The van der Waals surface area contributed by atoms with Crippen LogP contribution in [-0.2, 0) is 29.5 Å². The maximum Gasteiger partial charge on any atom is 0.323 e. The lowest BCUT2D eigenvalue weighted by Crippen LogP contribution is -2.55. The summed E-state index contributed by atoms with van der Waals surface area (Å²) < 4.78 is 28.1. The molecule has 1 aromatic heterocycles. The normalized spacial score (nSPS) is 16.4. The number of aromatic nitrogens is 2. The van der Waals surface area contributed by atoms with Gasteiger partial charge in [0.2, 0.25) is 11.8 Å². The average molecular weight is 615 g/mol. The number of aryl methyl sites for hydroxylation is 1. The second kappa shape index (κ2) is 13.3. The Hall–Kier alpha value is -5.06. The predicted molar refractivity (Wildman–Crippen MR) is 167 cm³/mol. The fourth-order valence-electron chi connectivity index (χ4n) is 5.37. The number of halogens is 2. The van der Waals surface area contributed by atoms with Crippen LogP contribution < -0.4 is 21.3 Å². The van der Waals surface area contributed by atoms with Crippen molar-refractivity contribution in [3.05, 3.63) is 114 Å². The number of hydrogen-bond donors (Lipinski definition) is 4. The molecule has 1 aliphatic rings. The van der Waals surface area contributed by atoms with Gasteiger partial charge in [-0.3, -0.25) is 14.3 Å². The highest BCUT2D eigenvalue weighted by molar-refractivity contribution is 5.99. The Kier molecular flexibility index (Phi) is 9.26. The van der Waals surface area contributed by atoms with Crippen molar-refractivity contribution in [2.24, 2.45) is 13.0 Å². The van der Waals surface area contributed by atoms with Crippen molar-refractivity contribution in [3.63, 3.8) is 0 Å². The number of amides is 4. The van der Waals surface area contributed by atoms with E-state index >= 15 is 0 Å². The zero-order valence-corrected chi connectivity index (χ0v) is 25.3. The Bertz CT molecular complexity index is 1650. The minimum absolute atomic E-state index is 0.0101. The van der Waals surface area contributed by atoms with Crippen LogP contribution in [0, 0.1) is 17.6 Å². The molecule has 1 aliphatic carbocycles. The molecule has 3 atom stereocenters. The van der Waals surface area contributed by atoms with Gasteiger partial charge in [0.1, 0.15) is 17.7 Å². The van der Waals surface area contributed by atoms with Crippen LogP contribution in [0.1, 0.15) is 42.9 Å². The molecule has 0 radical (unpaired) electrons. The lowest BCUT2D eigenvalue weighted by molar-refractivity contribution is -0.130. The van der Waals surface area contributed by atoms with Gasteiger partial charge in [-0.1, -0.05) is 24.3 Å². The summed E-state index contributed by atoms with van der Waals surface area (Å²) in [6, 6.07) is 17.6. The maximum absolute atomic E-state index is 13.5. The maximum atomic E-state index is 13.5. The summed E-state index contributed by atoms with van der Waals surface area (Å²) in [6.07, 6.45) is 4.88. The molecule has 1 heterocycles. The summed E-state index contributed by atoms with van der Waals surface area (Å²) in [5.74, 6) is -1.53. The van der Waals surface area contributed by atoms with Crippen LogP contribution in [0.4, 0.5) is 25.0 Å². The van der Waals surface area contributed by atoms with Crippen LogP contribution in [0.15, 0.2) is 85.2 Å². The van der Waals surface area contributed by atoms with Gasteiger partial charge in [-0.15, -0.1) is 0 Å². The van der Waals surface area contributed by atoms with Crippen molar-refractivity contribution in [3.8, 4) is 0 Å². The summed E-state index contributed by atoms with van der Waals surface area (Å²) in [5, 5.41) is 15.6. The molecule has 11 heteroatoms. The molecule has 0 bridgehead atoms. The average Bonchev–Trinajstić information content (AvgIpc) is 3.69. The first-order valence-corrected chi connectivity index (χ1v) is 14.7. The zero-order chi connectivity index (χ0) is 32.1. The second-order valence-electron chi connectivity index (χ2n) is 12.1. The van der Waals surface area contributed by atoms with Crippen molar-refractivity contribution >= 4 is 29.2 Å². The van der Waals surface area contributed by atoms with E-state index in [1.165, 1.54) is 36.4 Å². The molecule has 4 N–H and O–H groups in total. The molecule has 5 rings (SSSR count). The lowest BCUT2D eigenvalue weighted by atomic mass is 9.94. The Morgan fingerprint density at radius 2 is 1.47 bits per heavy atom. The highest BCUT2D eigenvalue weighted by Gasteiger charge is 2.45. The van der Waals surface area contributed by atoms with E-state index in [0.29, 0.717) is 24.2 Å². The third kappa shape index (κ3) is 8.75. The van der Waals surface area contributed by atoms with E-state index in [2.05, 4.69) is 26.4 Å². The van der Waals surface area contributed by atoms with Crippen molar-refractivity contribution in [2.75, 3.05) is 10.6 Å². The minimum atomic E-state index is -0.818. The van der Waals surface area contributed by atoms with Crippen LogP contribution in [0.25, 0.3) is 0 Å². The number of nitrogens with zero attached hydrogens (tertiary/aromatic N) is 2. The van der Waals surface area contributed by atoms with Gasteiger partial charge in [0, 0.05) is 42.5 Å². The lowest BCUT2D eigenvalue weighted by Gasteiger charge is -2.29. The van der Waals surface area contributed by atoms with Crippen molar-refractivity contribution in [2.45, 2.75) is 50.6 Å². The third-order valence-corrected chi connectivity index (χ3v) is 7.68. The monoisotopic (exact) mass is 614 g/mol. The van der Waals surface area contributed by atoms with E-state index in [1.54, 1.807) is 42.2 Å². The first-order chi connectivity index (χ1) is 21.4. The van der Waals surface area contributed by atoms with E-state index in [9.17, 15) is 23.2 Å². The zero-order valence-electron chi connectivity index (χ0n) is 25.3. The van der Waals surface area contributed by atoms with E-state index in [-0.39, 0.29) is 35.9 Å². The molecule has 1 saturated carbocycles. The van der Waals surface area contributed by atoms with Crippen molar-refractivity contribution in [1.82, 2.24) is 20.4 Å². The second-order valence-corrected chi connectivity index (χ2v) is 12.1. The molecular weight excluding hydrogens is 578 g/mol. The minimum Gasteiger partial charge on any atom is -0.349 e. The number of carbonyl (C=O) groups is 3. The fourth-order valence-corrected chi connectivity index (χ4v) is 5.37. The predicted octanol–water partition coefficient (Wildman–Crippen LogP) is 5.31. The van der Waals surface area contributed by atoms with Gasteiger partial charge in [0.05, 0.1) is 6.20 Å². The number of nitrogens with one attached hydrogen (secondary N) is 4. The van der Waals surface area contributed by atoms with Gasteiger partial charge in [-0.2, -0.15) is 5.10 Å². The van der Waals surface area contributed by atoms with Crippen molar-refractivity contribution < 1.29 is 23.2 Å². The molecule has 0 spiro atoms. The highest BCUT2D eigenvalue weighted by atomic mass is 19.1. The number of benzene rings is 3. The van der Waals surface area contributed by atoms with Gasteiger partial charge in [0.25, 0.3) is 0 Å². The summed E-state index contributed by atoms with van der Waals surface area (Å²) in [5.41, 5.74) is 3.02. The Labute approximate surface area is 260 Å². The Morgan fingerprint density at radius 1 is 0.889 bits per heavy atom. The molecule has 0 saturated heterocycles. The van der Waals surface area contributed by atoms with Gasteiger partial charge < -0.3 is 21.3 Å². The van der Waals surface area contributed by atoms with Crippen LogP contribution in [-0.4, -0.2) is 39.2 Å². The summed E-state index contributed by atoms with van der Waals surface area (Å²) in [4.78, 5) is 39.2. The van der Waals surface area contributed by atoms with E-state index < -0.39 is 23.4 Å². The first kappa shape index (κ1) is 31.4. The van der Waals surface area contributed by atoms with Gasteiger partial charge >= 0.3 is 6.03 Å². The van der Waals surface area contributed by atoms with Crippen molar-refractivity contribution in [1.29, 1.82) is 0 Å². The van der Waals surface area contributed by atoms with Gasteiger partial charge in [-0.05, 0) is 97.8 Å². The summed E-state index contributed by atoms with van der Waals surface area (Å²) in [6.45, 7) is 3.78. The van der Waals surface area contributed by atoms with E-state index in [4.69, 9.17) is 0 Å². The quantitative estimate of drug-likeness (QED) is 0.183. The smallest absolute Gasteiger partial charge is 0.323 e. The number of anilines is 2. The number of carbonyl (C=O) groups excluding carboxylic acids is 3. The SMILES string of the molecule is Cn1cc(C[C@@H](NC(=O)[C@H]2C[C@@H]2c2ccc(NC(=O)Nc3ccc(F)cc3)cc2)C(=O)NC(C)(C)Cc2ccc(F)cc2)cn1. The van der Waals surface area contributed by atoms with E-state index in [0.717, 1.165) is 16.7 Å². The molecule has 1 fully saturated rings. The summed E-state index contributed by atoms with van der Waals surface area (Å²) in [7, 11) is 1.79. The molecule has 45 heavy (non-hydrogen) atoms. The Balaban J connectivity index is 1.18. The molecule has 4 aromatic rings. The third-order valence-electron chi connectivity index (χ3n) is 7.68. The van der Waals surface area contributed by atoms with E-state index in [1.807, 2.05) is 32.2 Å². The topological polar surface area (TPSA) is 117 Å². The van der Waals surface area contributed by atoms with Crippen LogP contribution in [0.3, 0.4) is 0 Å². The van der Waals surface area contributed by atoms with Crippen LogP contribution >= 0.6 is 0 Å². The van der Waals surface area contributed by atoms with Gasteiger partial charge in [0.15, 0.2) is 0 Å². The molecule has 3 aromatic carbocycles. The molecular formula is C34H36F2N6O3. The number of urea groups is 1. The molecule has 4 amide bonds. The number of hydrogen-bond acceptors (Lipinski definition) is 4. The fraction of sp³-hybridized carbons (Fsp3) is 0.294. The number of rotatable bonds is 11.